The molecule has 0 aromatic heterocycles. The number of rotatable bonds is 4. The fourth-order valence-electron chi connectivity index (χ4n) is 1.38. The fraction of sp³-hybridized carbons (Fsp3) is 0.462. The maximum Gasteiger partial charge on any atom is 0.241 e. The number of aryl methyl sites for hydroxylation is 1. The fourth-order valence-corrected chi connectivity index (χ4v) is 1.38. The zero-order valence-electron chi connectivity index (χ0n) is 10.8. The third kappa shape index (κ3) is 3.46. The standard InChI is InChI=1S/C13H20N2O2/c1-8(2)12(14)13(16)15-11-7-10(17-4)6-5-9(11)3/h5-8,12H,14H2,1-4H3,(H,15,16)/t12-/m1/s1. The minimum absolute atomic E-state index is 0.112. The molecule has 1 amide bonds. The van der Waals surface area contributed by atoms with Gasteiger partial charge in [0.05, 0.1) is 13.2 Å². The van der Waals surface area contributed by atoms with Gasteiger partial charge < -0.3 is 15.8 Å². The minimum Gasteiger partial charge on any atom is -0.497 e. The average molecular weight is 236 g/mol. The van der Waals surface area contributed by atoms with Crippen molar-refractivity contribution in [3.05, 3.63) is 23.8 Å². The lowest BCUT2D eigenvalue weighted by Gasteiger charge is -2.16. The Balaban J connectivity index is 2.84. The molecule has 0 aliphatic rings. The van der Waals surface area contributed by atoms with Crippen LogP contribution in [0.5, 0.6) is 5.75 Å². The number of hydrogen-bond acceptors (Lipinski definition) is 3. The van der Waals surface area contributed by atoms with Crippen LogP contribution in [0.15, 0.2) is 18.2 Å². The number of carbonyl (C=O) groups excluding carboxylic acids is 1. The largest absolute Gasteiger partial charge is 0.497 e. The summed E-state index contributed by atoms with van der Waals surface area (Å²) in [6.45, 7) is 5.77. The van der Waals surface area contributed by atoms with Gasteiger partial charge in [0.1, 0.15) is 5.75 Å². The molecule has 4 nitrogen and oxygen atoms in total. The lowest BCUT2D eigenvalue weighted by molar-refractivity contribution is -0.118. The third-order valence-corrected chi connectivity index (χ3v) is 2.72. The first kappa shape index (κ1) is 13.5. The van der Waals surface area contributed by atoms with Crippen LogP contribution in [0.2, 0.25) is 0 Å². The molecule has 0 aliphatic carbocycles. The lowest BCUT2D eigenvalue weighted by atomic mass is 10.0. The highest BCUT2D eigenvalue weighted by Crippen LogP contribution is 2.22. The summed E-state index contributed by atoms with van der Waals surface area (Å²) in [6, 6.07) is 5.05. The Bertz CT molecular complexity index is 402. The van der Waals surface area contributed by atoms with Gasteiger partial charge in [-0.1, -0.05) is 19.9 Å². The molecule has 1 atom stereocenters. The van der Waals surface area contributed by atoms with Crippen LogP contribution in [0.25, 0.3) is 0 Å². The van der Waals surface area contributed by atoms with Gasteiger partial charge in [0.15, 0.2) is 0 Å². The molecule has 1 rings (SSSR count). The van der Waals surface area contributed by atoms with Crippen LogP contribution in [-0.2, 0) is 4.79 Å². The minimum atomic E-state index is -0.499. The van der Waals surface area contributed by atoms with Crippen LogP contribution in [0.1, 0.15) is 19.4 Å². The highest BCUT2D eigenvalue weighted by molar-refractivity contribution is 5.95. The molecule has 0 radical (unpaired) electrons. The average Bonchev–Trinajstić information content (AvgIpc) is 2.30. The molecule has 94 valence electrons. The number of methoxy groups -OCH3 is 1. The first-order valence-corrected chi connectivity index (χ1v) is 5.66. The number of benzene rings is 1. The van der Waals surface area contributed by atoms with Gasteiger partial charge in [0.2, 0.25) is 5.91 Å². The molecular weight excluding hydrogens is 216 g/mol. The highest BCUT2D eigenvalue weighted by atomic mass is 16.5. The van der Waals surface area contributed by atoms with E-state index in [1.165, 1.54) is 0 Å². The predicted molar refractivity (Wildman–Crippen MR) is 69.2 cm³/mol. The van der Waals surface area contributed by atoms with Crippen LogP contribution in [0.4, 0.5) is 5.69 Å². The Morgan fingerprint density at radius 1 is 1.41 bits per heavy atom. The summed E-state index contributed by atoms with van der Waals surface area (Å²) in [6.07, 6.45) is 0. The summed E-state index contributed by atoms with van der Waals surface area (Å²) in [5.74, 6) is 0.654. The van der Waals surface area contributed by atoms with E-state index in [0.717, 1.165) is 11.3 Å². The molecule has 1 aromatic rings. The van der Waals surface area contributed by atoms with Crippen molar-refractivity contribution in [2.75, 3.05) is 12.4 Å². The van der Waals surface area contributed by atoms with Gasteiger partial charge in [-0.25, -0.2) is 0 Å². The van der Waals surface area contributed by atoms with Gasteiger partial charge in [-0.2, -0.15) is 0 Å². The SMILES string of the molecule is COc1ccc(C)c(NC(=O)[C@H](N)C(C)C)c1. The summed E-state index contributed by atoms with van der Waals surface area (Å²) in [4.78, 5) is 11.8. The Hall–Kier alpha value is -1.55. The Labute approximate surface area is 102 Å². The van der Waals surface area contributed by atoms with Crippen molar-refractivity contribution in [2.24, 2.45) is 11.7 Å². The molecule has 0 spiro atoms. The number of hydrogen-bond donors (Lipinski definition) is 2. The second kappa shape index (κ2) is 5.68. The zero-order chi connectivity index (χ0) is 13.0. The van der Waals surface area contributed by atoms with Crippen molar-refractivity contribution in [1.29, 1.82) is 0 Å². The van der Waals surface area contributed by atoms with Crippen molar-refractivity contribution in [1.82, 2.24) is 0 Å². The normalized spacial score (nSPS) is 12.4. The molecule has 0 bridgehead atoms. The van der Waals surface area contributed by atoms with Crippen molar-refractivity contribution < 1.29 is 9.53 Å². The molecule has 3 N–H and O–H groups in total. The topological polar surface area (TPSA) is 64.3 Å². The summed E-state index contributed by atoms with van der Waals surface area (Å²) in [5.41, 5.74) is 7.51. The van der Waals surface area contributed by atoms with Gasteiger partial charge in [0.25, 0.3) is 0 Å². The maximum absolute atomic E-state index is 11.8. The van der Waals surface area contributed by atoms with Crippen molar-refractivity contribution in [3.8, 4) is 5.75 Å². The van der Waals surface area contributed by atoms with E-state index >= 15 is 0 Å². The molecule has 4 heteroatoms. The summed E-state index contributed by atoms with van der Waals surface area (Å²) >= 11 is 0. The summed E-state index contributed by atoms with van der Waals surface area (Å²) in [5, 5.41) is 2.82. The second-order valence-electron chi connectivity index (χ2n) is 4.44. The van der Waals surface area contributed by atoms with Crippen LogP contribution < -0.4 is 15.8 Å². The molecule has 0 aliphatic heterocycles. The molecule has 0 saturated heterocycles. The van der Waals surface area contributed by atoms with E-state index in [0.29, 0.717) is 5.75 Å². The number of ether oxygens (including phenoxy) is 1. The maximum atomic E-state index is 11.8. The molecule has 0 unspecified atom stereocenters. The Morgan fingerprint density at radius 3 is 2.59 bits per heavy atom. The Kier molecular flexibility index (Phi) is 4.52. The lowest BCUT2D eigenvalue weighted by Crippen LogP contribution is -2.39. The van der Waals surface area contributed by atoms with Crippen LogP contribution in [0, 0.1) is 12.8 Å². The first-order chi connectivity index (χ1) is 7.95. The number of carbonyl (C=O) groups is 1. The van der Waals surface area contributed by atoms with Gasteiger partial charge >= 0.3 is 0 Å². The monoisotopic (exact) mass is 236 g/mol. The smallest absolute Gasteiger partial charge is 0.241 e. The van der Waals surface area contributed by atoms with E-state index in [4.69, 9.17) is 10.5 Å². The van der Waals surface area contributed by atoms with Gasteiger partial charge in [-0.05, 0) is 24.5 Å². The van der Waals surface area contributed by atoms with E-state index in [1.54, 1.807) is 13.2 Å². The zero-order valence-corrected chi connectivity index (χ0v) is 10.8. The van der Waals surface area contributed by atoms with Crippen molar-refractivity contribution in [3.63, 3.8) is 0 Å². The second-order valence-corrected chi connectivity index (χ2v) is 4.44. The summed E-state index contributed by atoms with van der Waals surface area (Å²) < 4.78 is 5.12. The molecular formula is C13H20N2O2. The van der Waals surface area contributed by atoms with Crippen molar-refractivity contribution >= 4 is 11.6 Å². The van der Waals surface area contributed by atoms with Crippen LogP contribution in [0.3, 0.4) is 0 Å². The predicted octanol–water partition coefficient (Wildman–Crippen LogP) is 1.93. The van der Waals surface area contributed by atoms with E-state index in [-0.39, 0.29) is 11.8 Å². The number of anilines is 1. The highest BCUT2D eigenvalue weighted by Gasteiger charge is 2.17. The third-order valence-electron chi connectivity index (χ3n) is 2.72. The molecule has 0 fully saturated rings. The van der Waals surface area contributed by atoms with E-state index in [2.05, 4.69) is 5.32 Å². The van der Waals surface area contributed by atoms with Gasteiger partial charge in [-0.3, -0.25) is 4.79 Å². The van der Waals surface area contributed by atoms with E-state index < -0.39 is 6.04 Å². The first-order valence-electron chi connectivity index (χ1n) is 5.66. The molecule has 17 heavy (non-hydrogen) atoms. The van der Waals surface area contributed by atoms with E-state index in [1.807, 2.05) is 32.9 Å². The quantitative estimate of drug-likeness (QED) is 0.839. The molecule has 0 heterocycles. The van der Waals surface area contributed by atoms with Gasteiger partial charge in [0, 0.05) is 11.8 Å². The van der Waals surface area contributed by atoms with Crippen LogP contribution >= 0.6 is 0 Å². The van der Waals surface area contributed by atoms with Crippen molar-refractivity contribution in [2.45, 2.75) is 26.8 Å². The van der Waals surface area contributed by atoms with E-state index in [9.17, 15) is 4.79 Å². The Morgan fingerprint density at radius 2 is 2.06 bits per heavy atom. The van der Waals surface area contributed by atoms with Gasteiger partial charge in [-0.15, -0.1) is 0 Å². The molecule has 0 saturated carbocycles. The number of nitrogens with two attached hydrogens (primary N) is 1. The summed E-state index contributed by atoms with van der Waals surface area (Å²) in [7, 11) is 1.59. The number of amides is 1. The van der Waals surface area contributed by atoms with Crippen LogP contribution in [-0.4, -0.2) is 19.1 Å². The molecule has 1 aromatic carbocycles. The number of nitrogens with one attached hydrogen (secondary N) is 1.